The lowest BCUT2D eigenvalue weighted by Crippen LogP contribution is -1.56. The molecule has 0 bridgehead atoms. The maximum Gasteiger partial charge on any atom is 0.245 e. The predicted molar refractivity (Wildman–Crippen MR) is 31.1 cm³/mol. The van der Waals surface area contributed by atoms with Crippen LogP contribution >= 0.6 is 29.6 Å². The number of rotatable bonds is 0. The maximum absolute atomic E-state index is 3.22. The van der Waals surface area contributed by atoms with Crippen molar-refractivity contribution in [1.82, 2.24) is 0 Å². The first-order valence-electron chi connectivity index (χ1n) is 0.717. The van der Waals surface area contributed by atoms with Crippen LogP contribution in [0.4, 0.5) is 0 Å². The van der Waals surface area contributed by atoms with Crippen LogP contribution in [-0.2, 0) is 7.76 Å². The molecule has 0 aromatic heterocycles. The molecule has 0 saturated carbocycles. The van der Waals surface area contributed by atoms with Crippen LogP contribution in [0.25, 0.3) is 0 Å². The lowest BCUT2D eigenvalue weighted by atomic mass is 12.0. The van der Waals surface area contributed by atoms with E-state index in [0.29, 0.717) is 0 Å². The molecule has 0 nitrogen and oxygen atoms in total. The lowest BCUT2D eigenvalue weighted by Gasteiger charge is -1.56. The van der Waals surface area contributed by atoms with Crippen LogP contribution < -0.4 is 0 Å². The summed E-state index contributed by atoms with van der Waals surface area (Å²) in [6.45, 7) is 0. The molecule has 0 radical (unpaired) electrons. The molecule has 0 amide bonds. The fraction of sp³-hybridized carbons (Fsp3) is 1.00. The average molecular weight is 207 g/mol. The zero-order valence-corrected chi connectivity index (χ0v) is 6.15. The SMILES string of the molecule is C[S+](Br)Br. The molecule has 0 spiro atoms. The van der Waals surface area contributed by atoms with Gasteiger partial charge in [-0.25, -0.2) is 0 Å². The normalized spacial score (nSPS) is 9.00. The van der Waals surface area contributed by atoms with Crippen molar-refractivity contribution >= 4 is 37.4 Å². The molecule has 0 aliphatic rings. The van der Waals surface area contributed by atoms with Crippen molar-refractivity contribution in [3.63, 3.8) is 0 Å². The molecule has 26 valence electrons. The summed E-state index contributed by atoms with van der Waals surface area (Å²) in [5.41, 5.74) is 0. The Morgan fingerprint density at radius 2 is 1.50 bits per heavy atom. The second kappa shape index (κ2) is 2.54. The second-order valence-corrected chi connectivity index (χ2v) is 9.53. The third-order valence-electron chi connectivity index (χ3n) is 0. The van der Waals surface area contributed by atoms with Gasteiger partial charge >= 0.3 is 0 Å². The maximum atomic E-state index is 3.22. The highest BCUT2D eigenvalue weighted by atomic mass is 79.9. The third kappa shape index (κ3) is 10.3. The van der Waals surface area contributed by atoms with Gasteiger partial charge in [-0.3, -0.25) is 0 Å². The van der Waals surface area contributed by atoms with Crippen LogP contribution in [0.2, 0.25) is 0 Å². The Balaban J connectivity index is 2.32. The molecular weight excluding hydrogens is 204 g/mol. The van der Waals surface area contributed by atoms with Crippen molar-refractivity contribution in [3.8, 4) is 0 Å². The van der Waals surface area contributed by atoms with E-state index in [1.54, 1.807) is 0 Å². The van der Waals surface area contributed by atoms with Crippen LogP contribution in [0.5, 0.6) is 0 Å². The Morgan fingerprint density at radius 1 is 1.50 bits per heavy atom. The standard InChI is InChI=1S/CH3Br2S/c1-4(2)3/h1H3/q+1. The quantitative estimate of drug-likeness (QED) is 0.531. The summed E-state index contributed by atoms with van der Waals surface area (Å²) in [4.78, 5) is 0. The summed E-state index contributed by atoms with van der Waals surface area (Å²) in [5.74, 6) is 0. The second-order valence-electron chi connectivity index (χ2n) is 0.367. The summed E-state index contributed by atoms with van der Waals surface area (Å²) in [7, 11) is 0.264. The van der Waals surface area contributed by atoms with Gasteiger partial charge in [0.15, 0.2) is 0 Å². The molecule has 0 aliphatic carbocycles. The molecule has 0 aromatic rings. The van der Waals surface area contributed by atoms with Crippen molar-refractivity contribution in [2.75, 3.05) is 6.26 Å². The average Bonchev–Trinajstić information content (AvgIpc) is 0.811. The lowest BCUT2D eigenvalue weighted by molar-refractivity contribution is 2.53. The predicted octanol–water partition coefficient (Wildman–Crippen LogP) is 1.85. The van der Waals surface area contributed by atoms with Crippen molar-refractivity contribution < 1.29 is 0 Å². The van der Waals surface area contributed by atoms with E-state index in [-0.39, 0.29) is 7.76 Å². The highest BCUT2D eigenvalue weighted by Crippen LogP contribution is 2.07. The third-order valence-corrected chi connectivity index (χ3v) is 0. The highest BCUT2D eigenvalue weighted by molar-refractivity contribution is 9.80. The molecule has 0 fully saturated rings. The van der Waals surface area contributed by atoms with Gasteiger partial charge in [0.25, 0.3) is 0 Å². The minimum absolute atomic E-state index is 0.264. The Morgan fingerprint density at radius 3 is 1.50 bits per heavy atom. The number of hydrogen-bond donors (Lipinski definition) is 0. The highest BCUT2D eigenvalue weighted by Gasteiger charge is 1.91. The van der Waals surface area contributed by atoms with Crippen molar-refractivity contribution in [1.29, 1.82) is 0 Å². The number of halogens is 2. The van der Waals surface area contributed by atoms with E-state index in [4.69, 9.17) is 0 Å². The molecule has 0 heterocycles. The first-order chi connectivity index (χ1) is 1.73. The Bertz CT molecular complexity index is 10.8. The van der Waals surface area contributed by atoms with E-state index in [2.05, 4.69) is 29.6 Å². The Kier molecular flexibility index (Phi) is 3.37. The van der Waals surface area contributed by atoms with Crippen molar-refractivity contribution in [2.24, 2.45) is 0 Å². The van der Waals surface area contributed by atoms with Crippen LogP contribution in [0.15, 0.2) is 0 Å². The van der Waals surface area contributed by atoms with Gasteiger partial charge < -0.3 is 0 Å². The Labute approximate surface area is 43.7 Å². The van der Waals surface area contributed by atoms with E-state index >= 15 is 0 Å². The molecule has 0 atom stereocenters. The van der Waals surface area contributed by atoms with Gasteiger partial charge in [0.05, 0.1) is 0 Å². The molecule has 0 rings (SSSR count). The van der Waals surface area contributed by atoms with Gasteiger partial charge in [-0.2, -0.15) is 0 Å². The van der Waals surface area contributed by atoms with Crippen molar-refractivity contribution in [2.45, 2.75) is 0 Å². The fourth-order valence-electron chi connectivity index (χ4n) is 0. The zero-order chi connectivity index (χ0) is 3.58. The summed E-state index contributed by atoms with van der Waals surface area (Å²) >= 11 is 6.43. The van der Waals surface area contributed by atoms with Gasteiger partial charge in [-0.15, -0.1) is 0 Å². The molecule has 0 aliphatic heterocycles. The van der Waals surface area contributed by atoms with Gasteiger partial charge in [0, 0.05) is 0 Å². The molecular formula is CH3Br2S+. The van der Waals surface area contributed by atoms with Crippen LogP contribution in [-0.4, -0.2) is 6.26 Å². The minimum Gasteiger partial charge on any atom is 0.121 e. The van der Waals surface area contributed by atoms with Crippen LogP contribution in [0, 0.1) is 0 Å². The zero-order valence-electron chi connectivity index (χ0n) is 2.16. The van der Waals surface area contributed by atoms with E-state index < -0.39 is 0 Å². The molecule has 0 saturated heterocycles. The summed E-state index contributed by atoms with van der Waals surface area (Å²) < 4.78 is 0. The molecule has 0 N–H and O–H groups in total. The number of hydrogen-bond acceptors (Lipinski definition) is 0. The smallest absolute Gasteiger partial charge is 0.121 e. The molecule has 3 heteroatoms. The van der Waals surface area contributed by atoms with Crippen LogP contribution in [0.3, 0.4) is 0 Å². The largest absolute Gasteiger partial charge is 0.245 e. The van der Waals surface area contributed by atoms with E-state index in [1.807, 2.05) is 6.26 Å². The van der Waals surface area contributed by atoms with E-state index in [0.717, 1.165) is 0 Å². The summed E-state index contributed by atoms with van der Waals surface area (Å²) in [5, 5.41) is 0. The van der Waals surface area contributed by atoms with Gasteiger partial charge in [0.2, 0.25) is 29.6 Å². The first kappa shape index (κ1) is 5.31. The fourth-order valence-corrected chi connectivity index (χ4v) is 0. The van der Waals surface area contributed by atoms with E-state index in [1.165, 1.54) is 0 Å². The summed E-state index contributed by atoms with van der Waals surface area (Å²) in [6, 6.07) is 0. The monoisotopic (exact) mass is 205 g/mol. The van der Waals surface area contributed by atoms with Gasteiger partial charge in [0.1, 0.15) is 14.0 Å². The van der Waals surface area contributed by atoms with Gasteiger partial charge in [-0.1, -0.05) is 0 Å². The first-order valence-corrected chi connectivity index (χ1v) is 6.04. The molecule has 0 unspecified atom stereocenters. The Hall–Kier alpha value is 1.31. The summed E-state index contributed by atoms with van der Waals surface area (Å²) in [6.07, 6.45) is 2.03. The topological polar surface area (TPSA) is 0 Å². The van der Waals surface area contributed by atoms with E-state index in [9.17, 15) is 0 Å². The van der Waals surface area contributed by atoms with Crippen LogP contribution in [0.1, 0.15) is 0 Å². The van der Waals surface area contributed by atoms with Crippen molar-refractivity contribution in [3.05, 3.63) is 0 Å². The van der Waals surface area contributed by atoms with Gasteiger partial charge in [-0.05, 0) is 0 Å². The molecule has 0 aromatic carbocycles. The minimum atomic E-state index is 0.264. The molecule has 4 heavy (non-hydrogen) atoms.